The summed E-state index contributed by atoms with van der Waals surface area (Å²) in [4.78, 5) is 28.2. The second kappa shape index (κ2) is 16.7. The molecule has 55 heavy (non-hydrogen) atoms. The zero-order chi connectivity index (χ0) is 39.7. The standard InChI is InChI=1S/C28H38FNO2Si.C19H19FO2/c1-19(20-11-13-23(29)14-12-20)26(31)16-22-15-21-9-7-8-10-25(21)27(22)30-17-24(18-30)32-33(5,6)28(2,3)4;1-12(13-6-8-16(20)9-7-13)18(21)11-15-10-14-4-2-3-5-17(14)19(15)22/h7-14,19,22,24,27H,15-18H2,1-6H3;2-9,12,15,19,22H,10-11H2,1H3/t19-,22?,27?;12-,15?,19?/m00/s1. The molecule has 8 heteroatoms. The zero-order valence-electron chi connectivity index (χ0n) is 33.4. The molecule has 1 N–H and O–H groups in total. The number of hydrogen-bond donors (Lipinski definition) is 1. The number of carbonyl (C=O) groups is 2. The van der Waals surface area contributed by atoms with E-state index in [2.05, 4.69) is 63.0 Å². The number of hydrogen-bond acceptors (Lipinski definition) is 5. The fourth-order valence-corrected chi connectivity index (χ4v) is 9.62. The topological polar surface area (TPSA) is 66.8 Å². The predicted molar refractivity (Wildman–Crippen MR) is 217 cm³/mol. The van der Waals surface area contributed by atoms with Crippen LogP contribution in [0.3, 0.4) is 0 Å². The van der Waals surface area contributed by atoms with Crippen molar-refractivity contribution in [1.29, 1.82) is 0 Å². The number of benzene rings is 4. The van der Waals surface area contributed by atoms with E-state index in [0.717, 1.165) is 48.2 Å². The van der Waals surface area contributed by atoms with Crippen LogP contribution in [-0.4, -0.2) is 49.1 Å². The number of aliphatic hydroxyl groups excluding tert-OH is 1. The van der Waals surface area contributed by atoms with Crippen LogP contribution < -0.4 is 0 Å². The van der Waals surface area contributed by atoms with Crippen LogP contribution in [-0.2, 0) is 26.9 Å². The van der Waals surface area contributed by atoms with Gasteiger partial charge in [0.1, 0.15) is 23.2 Å². The molecule has 3 aliphatic rings. The highest BCUT2D eigenvalue weighted by Gasteiger charge is 2.46. The summed E-state index contributed by atoms with van der Waals surface area (Å²) in [6, 6.07) is 29.1. The van der Waals surface area contributed by atoms with Gasteiger partial charge in [0, 0.05) is 43.8 Å². The maximum Gasteiger partial charge on any atom is 0.192 e. The van der Waals surface area contributed by atoms with Crippen LogP contribution in [0.4, 0.5) is 8.78 Å². The maximum atomic E-state index is 13.3. The summed E-state index contributed by atoms with van der Waals surface area (Å²) in [6.45, 7) is 17.1. The number of fused-ring (bicyclic) bond motifs is 2. The summed E-state index contributed by atoms with van der Waals surface area (Å²) >= 11 is 0. The molecular formula is C47H57F2NO4Si. The lowest BCUT2D eigenvalue weighted by Crippen LogP contribution is -2.59. The SMILES string of the molecule is C[C@H](C(=O)CC1Cc2ccccc2C1N1CC(O[Si](C)(C)C(C)(C)C)C1)c1ccc(F)cc1.C[C@H](C(=O)CC1Cc2ccccc2C1O)c1ccc(F)cc1. The van der Waals surface area contributed by atoms with Gasteiger partial charge in [0.05, 0.1) is 12.2 Å². The van der Waals surface area contributed by atoms with Crippen LogP contribution in [0.15, 0.2) is 97.1 Å². The number of Topliss-reactive ketones (excluding diaryl/α,β-unsaturated/α-hetero) is 2. The molecule has 7 rings (SSSR count). The third-order valence-corrected chi connectivity index (χ3v) is 17.3. The van der Waals surface area contributed by atoms with Crippen LogP contribution in [0.5, 0.6) is 0 Å². The number of ketones is 2. The molecule has 0 spiro atoms. The minimum atomic E-state index is -1.79. The van der Waals surface area contributed by atoms with E-state index in [1.807, 2.05) is 38.1 Å². The van der Waals surface area contributed by atoms with Crippen molar-refractivity contribution in [1.82, 2.24) is 4.90 Å². The Balaban J connectivity index is 0.000000203. The molecule has 4 unspecified atom stereocenters. The number of likely N-dealkylation sites (tertiary alicyclic amines) is 1. The molecule has 0 amide bonds. The van der Waals surface area contributed by atoms with Crippen molar-refractivity contribution >= 4 is 19.9 Å². The highest BCUT2D eigenvalue weighted by atomic mass is 28.4. The number of halogens is 2. The van der Waals surface area contributed by atoms with Gasteiger partial charge in [-0.2, -0.15) is 0 Å². The van der Waals surface area contributed by atoms with E-state index in [1.54, 1.807) is 24.3 Å². The van der Waals surface area contributed by atoms with Gasteiger partial charge < -0.3 is 9.53 Å². The van der Waals surface area contributed by atoms with Crippen molar-refractivity contribution in [2.45, 2.75) is 109 Å². The minimum absolute atomic E-state index is 0.0622. The van der Waals surface area contributed by atoms with Gasteiger partial charge in [0.2, 0.25) is 0 Å². The molecule has 1 saturated heterocycles. The molecule has 0 saturated carbocycles. The summed E-state index contributed by atoms with van der Waals surface area (Å²) in [5.41, 5.74) is 6.51. The smallest absolute Gasteiger partial charge is 0.192 e. The van der Waals surface area contributed by atoms with E-state index >= 15 is 0 Å². The molecule has 6 atom stereocenters. The Morgan fingerprint density at radius 1 is 0.727 bits per heavy atom. The normalized spacial score (nSPS) is 22.1. The molecule has 4 aromatic carbocycles. The molecule has 292 valence electrons. The van der Waals surface area contributed by atoms with Crippen molar-refractivity contribution in [2.75, 3.05) is 13.1 Å². The molecule has 1 heterocycles. The molecule has 0 aromatic heterocycles. The fourth-order valence-electron chi connectivity index (χ4n) is 8.29. The number of aliphatic hydroxyl groups is 1. The van der Waals surface area contributed by atoms with Gasteiger partial charge in [-0.3, -0.25) is 14.5 Å². The van der Waals surface area contributed by atoms with E-state index in [-0.39, 0.29) is 64.1 Å². The van der Waals surface area contributed by atoms with Crippen LogP contribution >= 0.6 is 0 Å². The lowest BCUT2D eigenvalue weighted by Gasteiger charge is -2.49. The van der Waals surface area contributed by atoms with E-state index in [9.17, 15) is 23.5 Å². The van der Waals surface area contributed by atoms with E-state index in [4.69, 9.17) is 4.43 Å². The van der Waals surface area contributed by atoms with Crippen molar-refractivity contribution in [2.24, 2.45) is 11.8 Å². The molecule has 2 aliphatic carbocycles. The summed E-state index contributed by atoms with van der Waals surface area (Å²) in [7, 11) is -1.79. The summed E-state index contributed by atoms with van der Waals surface area (Å²) in [5.74, 6) is -0.540. The molecule has 1 aliphatic heterocycles. The largest absolute Gasteiger partial charge is 0.411 e. The number of rotatable bonds is 11. The first kappa shape index (κ1) is 40.8. The average Bonchev–Trinajstić information content (AvgIpc) is 3.65. The average molecular weight is 766 g/mol. The Kier molecular flexibility index (Phi) is 12.4. The monoisotopic (exact) mass is 765 g/mol. The zero-order valence-corrected chi connectivity index (χ0v) is 34.4. The second-order valence-corrected chi connectivity index (χ2v) is 22.3. The molecule has 5 nitrogen and oxygen atoms in total. The summed E-state index contributed by atoms with van der Waals surface area (Å²) in [6.07, 6.45) is 2.27. The van der Waals surface area contributed by atoms with Crippen LogP contribution in [0.25, 0.3) is 0 Å². The van der Waals surface area contributed by atoms with Crippen molar-refractivity contribution in [3.63, 3.8) is 0 Å². The maximum absolute atomic E-state index is 13.3. The Bertz CT molecular complexity index is 1950. The van der Waals surface area contributed by atoms with Crippen molar-refractivity contribution < 1.29 is 27.9 Å². The fraction of sp³-hybridized carbons (Fsp3) is 0.447. The lowest BCUT2D eigenvalue weighted by atomic mass is 9.86. The van der Waals surface area contributed by atoms with Crippen molar-refractivity contribution in [3.05, 3.63) is 142 Å². The lowest BCUT2D eigenvalue weighted by molar-refractivity contribution is -0.122. The Morgan fingerprint density at radius 2 is 1.16 bits per heavy atom. The van der Waals surface area contributed by atoms with Crippen molar-refractivity contribution in [3.8, 4) is 0 Å². The predicted octanol–water partition coefficient (Wildman–Crippen LogP) is 10.3. The molecule has 0 radical (unpaired) electrons. The Labute approximate surface area is 327 Å². The molecule has 4 aromatic rings. The number of carbonyl (C=O) groups excluding carboxylic acids is 2. The summed E-state index contributed by atoms with van der Waals surface area (Å²) in [5, 5.41) is 10.6. The molecule has 1 fully saturated rings. The van der Waals surface area contributed by atoms with Gasteiger partial charge in [-0.25, -0.2) is 8.78 Å². The second-order valence-electron chi connectivity index (χ2n) is 17.6. The van der Waals surface area contributed by atoms with Gasteiger partial charge in [-0.1, -0.05) is 107 Å². The van der Waals surface area contributed by atoms with E-state index < -0.39 is 14.4 Å². The van der Waals surface area contributed by atoms with Crippen LogP contribution in [0, 0.1) is 23.5 Å². The van der Waals surface area contributed by atoms with Gasteiger partial charge in [0.25, 0.3) is 0 Å². The highest BCUT2D eigenvalue weighted by molar-refractivity contribution is 6.74. The third-order valence-electron chi connectivity index (χ3n) is 12.8. The highest BCUT2D eigenvalue weighted by Crippen LogP contribution is 2.46. The first-order chi connectivity index (χ1) is 26.0. The summed E-state index contributed by atoms with van der Waals surface area (Å²) < 4.78 is 32.9. The molecular weight excluding hydrogens is 709 g/mol. The third kappa shape index (κ3) is 9.25. The van der Waals surface area contributed by atoms with Crippen LogP contribution in [0.2, 0.25) is 18.1 Å². The quantitative estimate of drug-likeness (QED) is 0.154. The first-order valence-electron chi connectivity index (χ1n) is 19.8. The van der Waals surface area contributed by atoms with Gasteiger partial charge in [-0.15, -0.1) is 0 Å². The Hall–Kier alpha value is -3.82. The van der Waals surface area contributed by atoms with Crippen LogP contribution in [0.1, 0.15) is 105 Å². The minimum Gasteiger partial charge on any atom is -0.411 e. The number of nitrogens with zero attached hydrogens (tertiary/aromatic N) is 1. The van der Waals surface area contributed by atoms with Gasteiger partial charge >= 0.3 is 0 Å². The van der Waals surface area contributed by atoms with Gasteiger partial charge in [-0.05, 0) is 100 Å². The first-order valence-corrected chi connectivity index (χ1v) is 22.7. The van der Waals surface area contributed by atoms with E-state index in [1.165, 1.54) is 35.4 Å². The Morgan fingerprint density at radius 3 is 1.65 bits per heavy atom. The molecule has 0 bridgehead atoms. The van der Waals surface area contributed by atoms with E-state index in [0.29, 0.717) is 12.8 Å². The van der Waals surface area contributed by atoms with Gasteiger partial charge in [0.15, 0.2) is 8.32 Å².